The molecule has 0 saturated carbocycles. The second-order valence-corrected chi connectivity index (χ2v) is 11.0. The molecular formula is C27H35N5OS. The largest absolute Gasteiger partial charge is 0.352 e. The number of amides is 2. The van der Waals surface area contributed by atoms with Gasteiger partial charge in [-0.25, -0.2) is 14.8 Å². The van der Waals surface area contributed by atoms with Crippen molar-refractivity contribution in [2.45, 2.75) is 59.8 Å². The lowest BCUT2D eigenvalue weighted by atomic mass is 9.89. The zero-order chi connectivity index (χ0) is 23.8. The SMILES string of the molecule is CCCc1nc(N2CCN(C(=O)Nc3ccc(C)c(C)c3)CC2)c2c3c(sc2n1)CC(C)CC3. The number of thiophene rings is 1. The van der Waals surface area contributed by atoms with Gasteiger partial charge in [0.1, 0.15) is 16.5 Å². The van der Waals surface area contributed by atoms with E-state index in [1.165, 1.54) is 33.4 Å². The predicted octanol–water partition coefficient (Wildman–Crippen LogP) is 5.74. The van der Waals surface area contributed by atoms with Crippen LogP contribution in [0.1, 0.15) is 54.1 Å². The van der Waals surface area contributed by atoms with Crippen molar-refractivity contribution in [3.8, 4) is 0 Å². The number of carbonyl (C=O) groups excluding carboxylic acids is 1. The van der Waals surface area contributed by atoms with Crippen molar-refractivity contribution in [1.29, 1.82) is 0 Å². The minimum Gasteiger partial charge on any atom is -0.352 e. The van der Waals surface area contributed by atoms with Gasteiger partial charge in [0.05, 0.1) is 5.39 Å². The highest BCUT2D eigenvalue weighted by molar-refractivity contribution is 7.19. The molecule has 1 atom stereocenters. The molecule has 3 aromatic rings. The van der Waals surface area contributed by atoms with E-state index in [1.807, 2.05) is 28.4 Å². The number of anilines is 2. The number of nitrogens with one attached hydrogen (secondary N) is 1. The predicted molar refractivity (Wildman–Crippen MR) is 141 cm³/mol. The van der Waals surface area contributed by atoms with Crippen LogP contribution < -0.4 is 10.2 Å². The molecule has 0 radical (unpaired) electrons. The molecule has 1 fully saturated rings. The number of hydrogen-bond donors (Lipinski definition) is 1. The Hall–Kier alpha value is -2.67. The number of carbonyl (C=O) groups is 1. The fourth-order valence-corrected chi connectivity index (χ4v) is 6.47. The van der Waals surface area contributed by atoms with Crippen molar-refractivity contribution in [2.75, 3.05) is 36.4 Å². The summed E-state index contributed by atoms with van der Waals surface area (Å²) in [4.78, 5) is 29.9. The number of rotatable bonds is 4. The van der Waals surface area contributed by atoms with Crippen molar-refractivity contribution in [2.24, 2.45) is 5.92 Å². The maximum absolute atomic E-state index is 12.9. The number of aryl methyl sites for hydroxylation is 4. The summed E-state index contributed by atoms with van der Waals surface area (Å²) in [5.74, 6) is 2.78. The van der Waals surface area contributed by atoms with E-state index in [1.54, 1.807) is 0 Å². The van der Waals surface area contributed by atoms with Gasteiger partial charge in [-0.1, -0.05) is 19.9 Å². The van der Waals surface area contributed by atoms with E-state index in [0.29, 0.717) is 13.1 Å². The Labute approximate surface area is 206 Å². The number of piperazine rings is 1. The van der Waals surface area contributed by atoms with Crippen LogP contribution in [-0.4, -0.2) is 47.1 Å². The van der Waals surface area contributed by atoms with Gasteiger partial charge < -0.3 is 15.1 Å². The van der Waals surface area contributed by atoms with Gasteiger partial charge in [-0.05, 0) is 74.3 Å². The lowest BCUT2D eigenvalue weighted by Gasteiger charge is -2.36. The van der Waals surface area contributed by atoms with Crippen LogP contribution in [0.25, 0.3) is 10.2 Å². The van der Waals surface area contributed by atoms with Crippen molar-refractivity contribution in [1.82, 2.24) is 14.9 Å². The number of nitrogens with zero attached hydrogens (tertiary/aromatic N) is 4. The first kappa shape index (κ1) is 23.1. The van der Waals surface area contributed by atoms with Crippen molar-refractivity contribution >= 4 is 39.1 Å². The Kier molecular flexibility index (Phi) is 6.47. The molecule has 0 spiro atoms. The zero-order valence-corrected chi connectivity index (χ0v) is 21.6. The summed E-state index contributed by atoms with van der Waals surface area (Å²) in [7, 11) is 0. The third kappa shape index (κ3) is 4.50. The highest BCUT2D eigenvalue weighted by atomic mass is 32.1. The van der Waals surface area contributed by atoms with Crippen LogP contribution in [0, 0.1) is 19.8 Å². The molecule has 1 aliphatic carbocycles. The Morgan fingerprint density at radius 2 is 1.94 bits per heavy atom. The van der Waals surface area contributed by atoms with Crippen LogP contribution >= 0.6 is 11.3 Å². The summed E-state index contributed by atoms with van der Waals surface area (Å²) in [5, 5.41) is 4.35. The molecule has 6 nitrogen and oxygen atoms in total. The van der Waals surface area contributed by atoms with Gasteiger partial charge >= 0.3 is 6.03 Å². The van der Waals surface area contributed by atoms with Crippen molar-refractivity contribution in [3.63, 3.8) is 0 Å². The maximum atomic E-state index is 12.9. The molecule has 3 heterocycles. The van der Waals surface area contributed by atoms with Gasteiger partial charge in [0.2, 0.25) is 0 Å². The first-order chi connectivity index (χ1) is 16.4. The number of urea groups is 1. The second-order valence-electron chi connectivity index (χ2n) is 9.95. The normalized spacial score (nSPS) is 18.3. The van der Waals surface area contributed by atoms with Gasteiger partial charge in [-0.3, -0.25) is 0 Å². The molecule has 1 saturated heterocycles. The van der Waals surface area contributed by atoms with E-state index in [9.17, 15) is 4.79 Å². The maximum Gasteiger partial charge on any atom is 0.321 e. The van der Waals surface area contributed by atoms with Gasteiger partial charge in [-0.2, -0.15) is 0 Å². The summed E-state index contributed by atoms with van der Waals surface area (Å²) in [6.07, 6.45) is 5.46. The summed E-state index contributed by atoms with van der Waals surface area (Å²) < 4.78 is 0. The van der Waals surface area contributed by atoms with Gasteiger partial charge in [-0.15, -0.1) is 11.3 Å². The molecule has 2 aromatic heterocycles. The third-order valence-electron chi connectivity index (χ3n) is 7.28. The Bertz CT molecular complexity index is 1210. The van der Waals surface area contributed by atoms with E-state index in [2.05, 4.69) is 44.0 Å². The highest BCUT2D eigenvalue weighted by Crippen LogP contribution is 2.41. The smallest absolute Gasteiger partial charge is 0.321 e. The van der Waals surface area contributed by atoms with Crippen molar-refractivity contribution < 1.29 is 4.79 Å². The Morgan fingerprint density at radius 1 is 1.15 bits per heavy atom. The average molecular weight is 478 g/mol. The summed E-state index contributed by atoms with van der Waals surface area (Å²) >= 11 is 1.88. The molecule has 34 heavy (non-hydrogen) atoms. The van der Waals surface area contributed by atoms with Crippen LogP contribution in [0.4, 0.5) is 16.3 Å². The Balaban J connectivity index is 1.35. The number of aromatic nitrogens is 2. The molecule has 2 aliphatic rings. The van der Waals surface area contributed by atoms with E-state index in [4.69, 9.17) is 9.97 Å². The summed E-state index contributed by atoms with van der Waals surface area (Å²) in [6, 6.07) is 6.05. The molecular weight excluding hydrogens is 442 g/mol. The molecule has 2 amide bonds. The Morgan fingerprint density at radius 3 is 2.68 bits per heavy atom. The number of benzene rings is 1. The van der Waals surface area contributed by atoms with Gasteiger partial charge in [0, 0.05) is 43.2 Å². The highest BCUT2D eigenvalue weighted by Gasteiger charge is 2.28. The quantitative estimate of drug-likeness (QED) is 0.521. The topological polar surface area (TPSA) is 61.4 Å². The van der Waals surface area contributed by atoms with Crippen molar-refractivity contribution in [3.05, 3.63) is 45.6 Å². The van der Waals surface area contributed by atoms with Crippen LogP contribution in [-0.2, 0) is 19.3 Å². The van der Waals surface area contributed by atoms with Crippen LogP contribution in [0.5, 0.6) is 0 Å². The molecule has 1 N–H and O–H groups in total. The fourth-order valence-electron chi connectivity index (χ4n) is 5.07. The lowest BCUT2D eigenvalue weighted by Crippen LogP contribution is -2.50. The molecule has 7 heteroatoms. The van der Waals surface area contributed by atoms with Gasteiger partial charge in [0.15, 0.2) is 0 Å². The zero-order valence-electron chi connectivity index (χ0n) is 20.8. The first-order valence-electron chi connectivity index (χ1n) is 12.6. The fraction of sp³-hybridized carbons (Fsp3) is 0.519. The lowest BCUT2D eigenvalue weighted by molar-refractivity contribution is 0.208. The average Bonchev–Trinajstić information content (AvgIpc) is 3.18. The van der Waals surface area contributed by atoms with E-state index in [0.717, 1.165) is 66.9 Å². The summed E-state index contributed by atoms with van der Waals surface area (Å²) in [6.45, 7) is 11.7. The monoisotopic (exact) mass is 477 g/mol. The second kappa shape index (κ2) is 9.53. The molecule has 1 aliphatic heterocycles. The molecule has 5 rings (SSSR count). The van der Waals surface area contributed by atoms with Crippen LogP contribution in [0.2, 0.25) is 0 Å². The van der Waals surface area contributed by atoms with E-state index < -0.39 is 0 Å². The number of hydrogen-bond acceptors (Lipinski definition) is 5. The minimum atomic E-state index is -0.0238. The van der Waals surface area contributed by atoms with E-state index >= 15 is 0 Å². The van der Waals surface area contributed by atoms with Gasteiger partial charge in [0.25, 0.3) is 0 Å². The molecule has 180 valence electrons. The third-order valence-corrected chi connectivity index (χ3v) is 8.43. The molecule has 0 bridgehead atoms. The molecule has 1 unspecified atom stereocenters. The number of fused-ring (bicyclic) bond motifs is 3. The summed E-state index contributed by atoms with van der Waals surface area (Å²) in [5.41, 5.74) is 4.75. The standard InChI is InChI=1S/C27H35N5OS/c1-5-6-23-29-25(24-21-10-7-17(2)15-22(21)34-26(24)30-23)31-11-13-32(14-12-31)27(33)28-20-9-8-18(3)19(4)16-20/h8-9,16-17H,5-7,10-15H2,1-4H3,(H,28,33). The minimum absolute atomic E-state index is 0.0238. The molecule has 1 aromatic carbocycles. The first-order valence-corrected chi connectivity index (χ1v) is 13.4. The van der Waals surface area contributed by atoms with Crippen LogP contribution in [0.3, 0.4) is 0 Å². The van der Waals surface area contributed by atoms with Crippen LogP contribution in [0.15, 0.2) is 18.2 Å². The van der Waals surface area contributed by atoms with E-state index in [-0.39, 0.29) is 6.03 Å².